The first-order valence-corrected chi connectivity index (χ1v) is 11.1. The zero-order chi connectivity index (χ0) is 20.5. The van der Waals surface area contributed by atoms with Crippen LogP contribution in [0, 0.1) is 6.92 Å². The molecule has 1 aliphatic rings. The average Bonchev–Trinajstić information content (AvgIpc) is 3.14. The van der Waals surface area contributed by atoms with Gasteiger partial charge in [-0.05, 0) is 25.5 Å². The van der Waals surface area contributed by atoms with E-state index in [1.807, 2.05) is 0 Å². The summed E-state index contributed by atoms with van der Waals surface area (Å²) in [6, 6.07) is 3.42. The third-order valence-corrected chi connectivity index (χ3v) is 6.79. The normalized spacial score (nSPS) is 18.9. The number of nitrogens with one attached hydrogen (secondary N) is 1. The Balaban J connectivity index is 1.61. The highest BCUT2D eigenvalue weighted by Crippen LogP contribution is 2.30. The summed E-state index contributed by atoms with van der Waals surface area (Å²) >= 11 is 0.996. The monoisotopic (exact) mass is 434 g/mol. The first-order valence-electron chi connectivity index (χ1n) is 8.26. The summed E-state index contributed by atoms with van der Waals surface area (Å²) in [4.78, 5) is 15.9. The van der Waals surface area contributed by atoms with Gasteiger partial charge in [0, 0.05) is 12.3 Å². The lowest BCUT2D eigenvalue weighted by Crippen LogP contribution is -2.20. The Bertz CT molecular complexity index is 972. The summed E-state index contributed by atoms with van der Waals surface area (Å²) in [5, 5.41) is 7.24. The van der Waals surface area contributed by atoms with E-state index < -0.39 is 27.5 Å². The molecule has 12 heteroatoms. The maximum Gasteiger partial charge on any atom is 0.417 e. The van der Waals surface area contributed by atoms with Gasteiger partial charge in [0.2, 0.25) is 5.91 Å². The minimum absolute atomic E-state index is 0.0266. The van der Waals surface area contributed by atoms with Gasteiger partial charge in [-0.2, -0.15) is 18.3 Å². The number of anilines is 1. The second-order valence-corrected chi connectivity index (χ2v) is 9.62. The van der Waals surface area contributed by atoms with Gasteiger partial charge in [-0.1, -0.05) is 11.8 Å². The quantitative estimate of drug-likeness (QED) is 0.728. The Hall–Kier alpha value is -2.08. The molecule has 1 fully saturated rings. The minimum atomic E-state index is -4.46. The van der Waals surface area contributed by atoms with Crippen LogP contribution in [-0.2, 0) is 20.8 Å². The number of alkyl halides is 3. The van der Waals surface area contributed by atoms with Crippen LogP contribution in [0.4, 0.5) is 19.0 Å². The third kappa shape index (κ3) is 5.04. The van der Waals surface area contributed by atoms with Crippen LogP contribution in [0.15, 0.2) is 29.4 Å². The van der Waals surface area contributed by atoms with Gasteiger partial charge in [0.25, 0.3) is 0 Å². The van der Waals surface area contributed by atoms with Crippen LogP contribution in [0.2, 0.25) is 0 Å². The number of halogens is 3. The molecule has 0 aliphatic carbocycles. The SMILES string of the molecule is Cc1cc(NC(=O)CSc2ccc(C(F)(F)F)cn2)n([C@H]2CCS(=O)(=O)C2)n1. The first kappa shape index (κ1) is 20.6. The van der Waals surface area contributed by atoms with Crippen molar-refractivity contribution in [2.24, 2.45) is 0 Å². The number of carbonyl (C=O) groups excluding carboxylic acids is 1. The topological polar surface area (TPSA) is 94.0 Å². The van der Waals surface area contributed by atoms with Crippen LogP contribution in [0.3, 0.4) is 0 Å². The summed E-state index contributed by atoms with van der Waals surface area (Å²) in [7, 11) is -3.11. The number of aromatic nitrogens is 3. The number of hydrogen-bond donors (Lipinski definition) is 1. The average molecular weight is 434 g/mol. The molecular weight excluding hydrogens is 417 g/mol. The molecule has 2 aromatic rings. The molecule has 7 nitrogen and oxygen atoms in total. The Labute approximate surface area is 163 Å². The fraction of sp³-hybridized carbons (Fsp3) is 0.438. The smallest absolute Gasteiger partial charge is 0.310 e. The first-order chi connectivity index (χ1) is 13.0. The highest BCUT2D eigenvalue weighted by atomic mass is 32.2. The molecule has 3 heterocycles. The summed E-state index contributed by atoms with van der Waals surface area (Å²) in [5.74, 6) is -0.00843. The lowest BCUT2D eigenvalue weighted by atomic mass is 10.3. The van der Waals surface area contributed by atoms with E-state index in [-0.39, 0.29) is 28.3 Å². The molecule has 1 N–H and O–H groups in total. The molecule has 0 bridgehead atoms. The van der Waals surface area contributed by atoms with Crippen molar-refractivity contribution in [1.82, 2.24) is 14.8 Å². The van der Waals surface area contributed by atoms with Crippen LogP contribution in [0.5, 0.6) is 0 Å². The van der Waals surface area contributed by atoms with Gasteiger partial charge in [0.1, 0.15) is 5.82 Å². The van der Waals surface area contributed by atoms with Crippen LogP contribution >= 0.6 is 11.8 Å². The van der Waals surface area contributed by atoms with E-state index in [1.165, 1.54) is 10.7 Å². The highest BCUT2D eigenvalue weighted by Gasteiger charge is 2.32. The van der Waals surface area contributed by atoms with Crippen LogP contribution in [0.25, 0.3) is 0 Å². The maximum absolute atomic E-state index is 12.5. The Kier molecular flexibility index (Phi) is 5.71. The predicted molar refractivity (Wildman–Crippen MR) is 97.9 cm³/mol. The van der Waals surface area contributed by atoms with Crippen LogP contribution < -0.4 is 5.32 Å². The van der Waals surface area contributed by atoms with Crippen molar-refractivity contribution in [1.29, 1.82) is 0 Å². The number of sulfone groups is 1. The maximum atomic E-state index is 12.5. The molecule has 3 rings (SSSR count). The van der Waals surface area contributed by atoms with Gasteiger partial charge in [0.05, 0.1) is 39.6 Å². The molecule has 0 radical (unpaired) electrons. The van der Waals surface area contributed by atoms with Crippen molar-refractivity contribution in [3.63, 3.8) is 0 Å². The molecule has 1 atom stereocenters. The van der Waals surface area contributed by atoms with Crippen molar-refractivity contribution in [2.75, 3.05) is 22.6 Å². The molecule has 0 saturated carbocycles. The number of nitrogens with zero attached hydrogens (tertiary/aromatic N) is 3. The Morgan fingerprint density at radius 2 is 2.14 bits per heavy atom. The summed E-state index contributed by atoms with van der Waals surface area (Å²) in [6.45, 7) is 1.73. The number of carbonyl (C=O) groups is 1. The molecule has 152 valence electrons. The lowest BCUT2D eigenvalue weighted by molar-refractivity contribution is -0.137. The fourth-order valence-corrected chi connectivity index (χ4v) is 5.14. The summed E-state index contributed by atoms with van der Waals surface area (Å²) in [6.07, 6.45) is -3.31. The molecule has 1 saturated heterocycles. The zero-order valence-electron chi connectivity index (χ0n) is 14.7. The summed E-state index contributed by atoms with van der Waals surface area (Å²) < 4.78 is 62.5. The minimum Gasteiger partial charge on any atom is -0.310 e. The molecule has 2 aromatic heterocycles. The Morgan fingerprint density at radius 1 is 1.39 bits per heavy atom. The largest absolute Gasteiger partial charge is 0.417 e. The van der Waals surface area contributed by atoms with Gasteiger partial charge in [-0.25, -0.2) is 18.1 Å². The number of pyridine rings is 1. The number of thioether (sulfide) groups is 1. The van der Waals surface area contributed by atoms with E-state index in [0.717, 1.165) is 24.0 Å². The van der Waals surface area contributed by atoms with Crippen molar-refractivity contribution in [3.05, 3.63) is 35.7 Å². The number of hydrogen-bond acceptors (Lipinski definition) is 6. The van der Waals surface area contributed by atoms with Gasteiger partial charge in [-0.15, -0.1) is 0 Å². The van der Waals surface area contributed by atoms with Gasteiger partial charge in [0.15, 0.2) is 9.84 Å². The molecule has 28 heavy (non-hydrogen) atoms. The molecule has 1 amide bonds. The third-order valence-electron chi connectivity index (χ3n) is 4.09. The number of rotatable bonds is 5. The van der Waals surface area contributed by atoms with Crippen LogP contribution in [-0.4, -0.2) is 46.3 Å². The van der Waals surface area contributed by atoms with E-state index in [4.69, 9.17) is 0 Å². The van der Waals surface area contributed by atoms with Crippen molar-refractivity contribution >= 4 is 33.3 Å². The van der Waals surface area contributed by atoms with E-state index in [2.05, 4.69) is 15.4 Å². The molecular formula is C16H17F3N4O3S2. The van der Waals surface area contributed by atoms with Crippen LogP contribution in [0.1, 0.15) is 23.7 Å². The molecule has 0 spiro atoms. The Morgan fingerprint density at radius 3 is 2.71 bits per heavy atom. The number of amides is 1. The summed E-state index contributed by atoms with van der Waals surface area (Å²) in [5.41, 5.74) is -0.219. The van der Waals surface area contributed by atoms with Crippen molar-refractivity contribution < 1.29 is 26.4 Å². The molecule has 0 aromatic carbocycles. The standard InChI is InChI=1S/C16H17F3N4O3S2/c1-10-6-13(23(22-10)12-4-5-28(25,26)9-12)21-14(24)8-27-15-3-2-11(7-20-15)16(17,18)19/h2-3,6-7,12H,4-5,8-9H2,1H3,(H,21,24)/t12-/m0/s1. The highest BCUT2D eigenvalue weighted by molar-refractivity contribution is 7.99. The van der Waals surface area contributed by atoms with E-state index >= 15 is 0 Å². The zero-order valence-corrected chi connectivity index (χ0v) is 16.4. The second-order valence-electron chi connectivity index (χ2n) is 6.39. The van der Waals surface area contributed by atoms with Gasteiger partial charge < -0.3 is 5.32 Å². The fourth-order valence-electron chi connectivity index (χ4n) is 2.81. The predicted octanol–water partition coefficient (Wildman–Crippen LogP) is 2.70. The lowest BCUT2D eigenvalue weighted by Gasteiger charge is -2.13. The van der Waals surface area contributed by atoms with Crippen molar-refractivity contribution in [3.8, 4) is 0 Å². The molecule has 1 aliphatic heterocycles. The second kappa shape index (κ2) is 7.74. The van der Waals surface area contributed by atoms with Gasteiger partial charge in [-0.3, -0.25) is 4.79 Å². The van der Waals surface area contributed by atoms with Gasteiger partial charge >= 0.3 is 6.18 Å². The molecule has 0 unspecified atom stereocenters. The van der Waals surface area contributed by atoms with Crippen molar-refractivity contribution in [2.45, 2.75) is 30.6 Å². The van der Waals surface area contributed by atoms with E-state index in [0.29, 0.717) is 17.9 Å². The van der Waals surface area contributed by atoms with E-state index in [9.17, 15) is 26.4 Å². The number of aryl methyl sites for hydroxylation is 1. The van der Waals surface area contributed by atoms with E-state index in [1.54, 1.807) is 13.0 Å².